The monoisotopic (exact) mass is 781 g/mol. The lowest BCUT2D eigenvalue weighted by molar-refractivity contribution is -0.364. The minimum absolute atomic E-state index is 0.0362. The van der Waals surface area contributed by atoms with Crippen LogP contribution in [0, 0.1) is 0 Å². The van der Waals surface area contributed by atoms with E-state index in [4.69, 9.17) is 35.3 Å². The molecule has 1 aromatic rings. The van der Waals surface area contributed by atoms with Crippen LogP contribution in [0.4, 0.5) is 5.69 Å². The van der Waals surface area contributed by atoms with E-state index in [0.29, 0.717) is 24.3 Å². The number of ether oxygens (including phenoxy) is 5. The summed E-state index contributed by atoms with van der Waals surface area (Å²) in [6, 6.07) is 2.63. The quantitative estimate of drug-likeness (QED) is 0.220. The Balaban J connectivity index is 1.74. The molecule has 13 nitrogen and oxygen atoms in total. The summed E-state index contributed by atoms with van der Waals surface area (Å²) in [6.45, 7) is 10.8. The van der Waals surface area contributed by atoms with Crippen LogP contribution in [0.2, 0.25) is 5.02 Å². The highest BCUT2D eigenvalue weighted by atomic mass is 35.5. The lowest BCUT2D eigenvalue weighted by Gasteiger charge is -2.60. The van der Waals surface area contributed by atoms with Gasteiger partial charge in [0.1, 0.15) is 34.6 Å². The fourth-order valence-corrected chi connectivity index (χ4v) is 7.64. The molecule has 3 N–H and O–H groups in total. The molecule has 2 fully saturated rings. The van der Waals surface area contributed by atoms with Crippen molar-refractivity contribution < 1.29 is 48.3 Å². The number of benzene rings is 1. The van der Waals surface area contributed by atoms with Crippen LogP contribution >= 0.6 is 24.2 Å². The number of nitrogens with zero attached hydrogens (tertiary/aromatic N) is 2. The number of hydrogen-bond donors (Lipinski definition) is 4. The molecule has 8 atom stereocenters. The number of thiol groups is 1. The average molecular weight is 782 g/mol. The summed E-state index contributed by atoms with van der Waals surface area (Å²) in [5.74, 6) is -1.01. The number of carbonyl (C=O) groups excluding carboxylic acids is 3. The number of hydrogen-bond acceptors (Lipinski definition) is 12. The molecule has 5 rings (SSSR count). The summed E-state index contributed by atoms with van der Waals surface area (Å²) in [5, 5.41) is 25.5. The van der Waals surface area contributed by atoms with Gasteiger partial charge in [-0.1, -0.05) is 49.2 Å². The molecule has 0 aromatic heterocycles. The number of likely N-dealkylation sites (N-methyl/N-ethyl adjacent to an activating group) is 1. The second kappa shape index (κ2) is 16.6. The van der Waals surface area contributed by atoms with Crippen LogP contribution in [-0.4, -0.2) is 114 Å². The first kappa shape index (κ1) is 43.0. The van der Waals surface area contributed by atoms with Gasteiger partial charge in [0, 0.05) is 45.2 Å². The van der Waals surface area contributed by atoms with Crippen LogP contribution < -0.4 is 15.0 Å². The van der Waals surface area contributed by atoms with Gasteiger partial charge < -0.3 is 43.7 Å². The first-order valence-corrected chi connectivity index (χ1v) is 18.6. The van der Waals surface area contributed by atoms with E-state index < -0.39 is 59.6 Å². The Morgan fingerprint density at radius 1 is 1.25 bits per heavy atom. The molecular weight excluding hydrogens is 726 g/mol. The van der Waals surface area contributed by atoms with Crippen molar-refractivity contribution in [3.8, 4) is 5.75 Å². The fraction of sp³-hybridized carbons (Fsp3) is 0.658. The van der Waals surface area contributed by atoms with Gasteiger partial charge in [-0.05, 0) is 58.2 Å². The fourth-order valence-electron chi connectivity index (χ4n) is 7.21. The van der Waals surface area contributed by atoms with Crippen LogP contribution in [0.15, 0.2) is 35.9 Å². The number of allylic oxidation sites excluding steroid dienone is 3. The molecule has 6 bridgehead atoms. The molecule has 4 aliphatic heterocycles. The van der Waals surface area contributed by atoms with Crippen molar-refractivity contribution in [2.24, 2.45) is 0 Å². The van der Waals surface area contributed by atoms with Crippen molar-refractivity contribution >= 4 is 47.7 Å². The molecule has 53 heavy (non-hydrogen) atoms. The van der Waals surface area contributed by atoms with E-state index in [1.54, 1.807) is 52.1 Å². The normalized spacial score (nSPS) is 33.2. The van der Waals surface area contributed by atoms with Gasteiger partial charge in [-0.15, -0.1) is 0 Å². The van der Waals surface area contributed by atoms with Crippen LogP contribution in [0.3, 0.4) is 0 Å². The van der Waals surface area contributed by atoms with Gasteiger partial charge in [0.05, 0.1) is 30.9 Å². The maximum Gasteiger partial charge on any atom is 0.328 e. The SMILES string of the molecule is COc1cc2cc(c1Cl)N(C)C(=O)CC(OC(=O)C(C)N(C)C(=O)CCC(C)(C)S)C1(C)CC(C)(O1)C1CC(O)(NC(O)O1)C(OC)/C=C/C=C(\C)C2. The highest BCUT2D eigenvalue weighted by Crippen LogP contribution is 2.50. The maximum atomic E-state index is 14.1. The van der Waals surface area contributed by atoms with Gasteiger partial charge in [-0.2, -0.15) is 12.6 Å². The van der Waals surface area contributed by atoms with Gasteiger partial charge in [-0.3, -0.25) is 9.59 Å². The van der Waals surface area contributed by atoms with Gasteiger partial charge in [0.25, 0.3) is 0 Å². The zero-order valence-corrected chi connectivity index (χ0v) is 34.0. The van der Waals surface area contributed by atoms with E-state index in [2.05, 4.69) is 17.9 Å². The summed E-state index contributed by atoms with van der Waals surface area (Å²) in [7, 11) is 6.07. The number of fused-ring (bicyclic) bond motifs is 6. The number of aliphatic hydroxyl groups is 2. The second-order valence-corrected chi connectivity index (χ2v) is 17.2. The molecule has 4 aliphatic rings. The van der Waals surface area contributed by atoms with E-state index in [-0.39, 0.29) is 41.4 Å². The highest BCUT2D eigenvalue weighted by molar-refractivity contribution is 7.81. The Bertz CT molecular complexity index is 1590. The van der Waals surface area contributed by atoms with E-state index in [0.717, 1.165) is 11.1 Å². The molecule has 296 valence electrons. The predicted molar refractivity (Wildman–Crippen MR) is 204 cm³/mol. The number of methoxy groups -OCH3 is 2. The van der Waals surface area contributed by atoms with Crippen LogP contribution in [0.1, 0.15) is 79.2 Å². The Labute approximate surface area is 323 Å². The summed E-state index contributed by atoms with van der Waals surface area (Å²) in [5.41, 5.74) is -1.90. The lowest BCUT2D eigenvalue weighted by Crippen LogP contribution is -2.73. The summed E-state index contributed by atoms with van der Waals surface area (Å²) in [4.78, 5) is 43.7. The van der Waals surface area contributed by atoms with E-state index in [1.165, 1.54) is 31.1 Å². The number of halogens is 1. The Morgan fingerprint density at radius 3 is 2.51 bits per heavy atom. The second-order valence-electron chi connectivity index (χ2n) is 15.6. The molecule has 2 saturated heterocycles. The van der Waals surface area contributed by atoms with E-state index >= 15 is 0 Å². The standard InChI is InChI=1S/C38H56ClN3O10S/c1-22-12-11-13-27(49-10)38(47)20-29(51-34(46)40-38)37(6)21-36(5,52-37)28(50-33(45)23(2)41(7)30(43)14-15-35(3,4)53)19-31(44)42(8)25-17-24(16-22)18-26(48-9)32(25)39/h11-13,17-18,23,27-29,34,40,46-47,53H,14-16,19-21H2,1-10H3/b13-11+,22-12+. The highest BCUT2D eigenvalue weighted by Gasteiger charge is 2.63. The van der Waals surface area contributed by atoms with Crippen LogP contribution in [-0.2, 0) is 39.8 Å². The number of carbonyl (C=O) groups is 3. The molecule has 0 saturated carbocycles. The van der Waals surface area contributed by atoms with Crippen molar-refractivity contribution in [1.29, 1.82) is 0 Å². The minimum atomic E-state index is -1.76. The van der Waals surface area contributed by atoms with E-state index in [9.17, 15) is 24.6 Å². The van der Waals surface area contributed by atoms with Crippen molar-refractivity contribution in [2.75, 3.05) is 33.2 Å². The number of aliphatic hydroxyl groups excluding tert-OH is 1. The Kier molecular flexibility index (Phi) is 13.5. The topological polar surface area (TPSA) is 156 Å². The minimum Gasteiger partial charge on any atom is -0.495 e. The van der Waals surface area contributed by atoms with Gasteiger partial charge in [0.2, 0.25) is 18.2 Å². The van der Waals surface area contributed by atoms with Gasteiger partial charge in [0.15, 0.2) is 5.72 Å². The van der Waals surface area contributed by atoms with Gasteiger partial charge in [-0.25, -0.2) is 10.1 Å². The maximum absolute atomic E-state index is 14.1. The molecular formula is C38H56ClN3O10S. The summed E-state index contributed by atoms with van der Waals surface area (Å²) >= 11 is 11.3. The number of rotatable bonds is 8. The zero-order valence-electron chi connectivity index (χ0n) is 32.4. The van der Waals surface area contributed by atoms with Crippen molar-refractivity contribution in [3.05, 3.63) is 46.5 Å². The molecule has 1 aromatic carbocycles. The average Bonchev–Trinajstić information content (AvgIpc) is 3.06. The van der Waals surface area contributed by atoms with Crippen molar-refractivity contribution in [3.63, 3.8) is 0 Å². The predicted octanol–water partition coefficient (Wildman–Crippen LogP) is 4.30. The number of amides is 2. The molecule has 0 aliphatic carbocycles. The molecule has 0 spiro atoms. The van der Waals surface area contributed by atoms with Crippen LogP contribution in [0.5, 0.6) is 5.75 Å². The molecule has 0 radical (unpaired) electrons. The zero-order chi connectivity index (χ0) is 39.7. The number of esters is 1. The van der Waals surface area contributed by atoms with Crippen molar-refractivity contribution in [1.82, 2.24) is 10.2 Å². The third-order valence-corrected chi connectivity index (χ3v) is 11.1. The molecule has 8 unspecified atom stereocenters. The molecule has 2 amide bonds. The largest absolute Gasteiger partial charge is 0.495 e. The lowest BCUT2D eigenvalue weighted by atomic mass is 9.72. The first-order chi connectivity index (χ1) is 24.5. The Morgan fingerprint density at radius 2 is 1.91 bits per heavy atom. The third-order valence-electron chi connectivity index (χ3n) is 10.5. The first-order valence-electron chi connectivity index (χ1n) is 17.8. The summed E-state index contributed by atoms with van der Waals surface area (Å²) < 4.78 is 29.4. The molecule has 4 heterocycles. The van der Waals surface area contributed by atoms with Gasteiger partial charge >= 0.3 is 5.97 Å². The van der Waals surface area contributed by atoms with Crippen molar-refractivity contribution in [2.45, 2.75) is 133 Å². The number of anilines is 1. The molecule has 15 heteroatoms. The third kappa shape index (κ3) is 9.95. The van der Waals surface area contributed by atoms with E-state index in [1.807, 2.05) is 26.8 Å². The smallest absolute Gasteiger partial charge is 0.328 e. The summed E-state index contributed by atoms with van der Waals surface area (Å²) in [6.07, 6.45) is 1.94. The number of nitrogens with one attached hydrogen (secondary N) is 1. The Hall–Kier alpha value is -2.69. The van der Waals surface area contributed by atoms with Crippen LogP contribution in [0.25, 0.3) is 0 Å².